The van der Waals surface area contributed by atoms with Gasteiger partial charge in [-0.1, -0.05) is 30.3 Å². The van der Waals surface area contributed by atoms with E-state index in [9.17, 15) is 0 Å². The van der Waals surface area contributed by atoms with Gasteiger partial charge in [-0.3, -0.25) is 0 Å². The minimum Gasteiger partial charge on any atom is -0.327 e. The average molecular weight is 224 g/mol. The lowest BCUT2D eigenvalue weighted by Crippen LogP contribution is -2.33. The van der Waals surface area contributed by atoms with Crippen LogP contribution in [-0.4, -0.2) is 24.6 Å². The van der Waals surface area contributed by atoms with Gasteiger partial charge >= 0.3 is 0 Å². The Kier molecular flexibility index (Phi) is 6.48. The summed E-state index contributed by atoms with van der Waals surface area (Å²) in [5.41, 5.74) is 7.26. The monoisotopic (exact) mass is 224 g/mol. The van der Waals surface area contributed by atoms with Crippen molar-refractivity contribution in [2.24, 2.45) is 5.73 Å². The summed E-state index contributed by atoms with van der Waals surface area (Å²) >= 11 is 1.85. The Balaban J connectivity index is 2.11. The van der Waals surface area contributed by atoms with Gasteiger partial charge in [-0.05, 0) is 24.0 Å². The zero-order valence-corrected chi connectivity index (χ0v) is 10.1. The molecule has 1 rings (SSSR count). The van der Waals surface area contributed by atoms with Gasteiger partial charge in [-0.2, -0.15) is 11.8 Å². The number of nitrogens with one attached hydrogen (secondary N) is 1. The lowest BCUT2D eigenvalue weighted by molar-refractivity contribution is 0.566. The molecule has 3 N–H and O–H groups in total. The molecular formula is C12H20N2S. The van der Waals surface area contributed by atoms with E-state index < -0.39 is 0 Å². The van der Waals surface area contributed by atoms with Crippen molar-refractivity contribution in [1.82, 2.24) is 5.32 Å². The van der Waals surface area contributed by atoms with E-state index in [1.165, 1.54) is 5.56 Å². The van der Waals surface area contributed by atoms with Crippen molar-refractivity contribution >= 4 is 11.8 Å². The molecule has 0 unspecified atom stereocenters. The molecule has 0 spiro atoms. The number of thioether (sulfide) groups is 1. The van der Waals surface area contributed by atoms with Crippen LogP contribution in [-0.2, 0) is 6.54 Å². The number of rotatable bonds is 7. The fourth-order valence-corrected chi connectivity index (χ4v) is 1.91. The Hall–Kier alpha value is -0.510. The molecule has 15 heavy (non-hydrogen) atoms. The van der Waals surface area contributed by atoms with Crippen LogP contribution in [0, 0.1) is 0 Å². The third-order valence-corrected chi connectivity index (χ3v) is 2.92. The van der Waals surface area contributed by atoms with Crippen molar-refractivity contribution in [3.63, 3.8) is 0 Å². The predicted molar refractivity (Wildman–Crippen MR) is 69.1 cm³/mol. The quantitative estimate of drug-likeness (QED) is 0.742. The molecule has 0 radical (unpaired) electrons. The number of hydrogen-bond donors (Lipinski definition) is 2. The number of benzene rings is 1. The van der Waals surface area contributed by atoms with Crippen LogP contribution < -0.4 is 11.1 Å². The SMILES string of the molecule is CSCC[C@@H](N)CNCc1ccccc1. The molecule has 1 aromatic rings. The Morgan fingerprint density at radius 3 is 2.73 bits per heavy atom. The minimum atomic E-state index is 0.279. The van der Waals surface area contributed by atoms with Crippen molar-refractivity contribution in [1.29, 1.82) is 0 Å². The highest BCUT2D eigenvalue weighted by Gasteiger charge is 2.00. The maximum Gasteiger partial charge on any atom is 0.0206 e. The molecule has 0 aliphatic rings. The van der Waals surface area contributed by atoms with Crippen molar-refractivity contribution in [2.75, 3.05) is 18.6 Å². The highest BCUT2D eigenvalue weighted by atomic mass is 32.2. The van der Waals surface area contributed by atoms with Gasteiger partial charge in [0.1, 0.15) is 0 Å². The minimum absolute atomic E-state index is 0.279. The standard InChI is InChI=1S/C12H20N2S/c1-15-8-7-12(13)10-14-9-11-5-3-2-4-6-11/h2-6,12,14H,7-10,13H2,1H3/t12-/m1/s1. The smallest absolute Gasteiger partial charge is 0.0206 e. The van der Waals surface area contributed by atoms with Gasteiger partial charge in [0.15, 0.2) is 0 Å². The fourth-order valence-electron chi connectivity index (χ4n) is 1.37. The molecule has 84 valence electrons. The first-order valence-corrected chi connectivity index (χ1v) is 6.71. The summed E-state index contributed by atoms with van der Waals surface area (Å²) in [5.74, 6) is 1.15. The van der Waals surface area contributed by atoms with E-state index in [1.54, 1.807) is 0 Å². The molecule has 3 heteroatoms. The van der Waals surface area contributed by atoms with E-state index in [2.05, 4.69) is 35.8 Å². The van der Waals surface area contributed by atoms with E-state index in [4.69, 9.17) is 5.73 Å². The van der Waals surface area contributed by atoms with E-state index in [-0.39, 0.29) is 6.04 Å². The molecular weight excluding hydrogens is 204 g/mol. The first kappa shape index (κ1) is 12.6. The molecule has 0 saturated heterocycles. The molecule has 1 atom stereocenters. The van der Waals surface area contributed by atoms with Crippen LogP contribution in [0.3, 0.4) is 0 Å². The molecule has 0 aliphatic heterocycles. The predicted octanol–water partition coefficient (Wildman–Crippen LogP) is 1.86. The highest BCUT2D eigenvalue weighted by Crippen LogP contribution is 1.99. The van der Waals surface area contributed by atoms with Gasteiger partial charge in [0.2, 0.25) is 0 Å². The Morgan fingerprint density at radius 2 is 2.07 bits per heavy atom. The van der Waals surface area contributed by atoms with Crippen molar-refractivity contribution in [3.8, 4) is 0 Å². The summed E-state index contributed by atoms with van der Waals surface area (Å²) in [6, 6.07) is 10.7. The average Bonchev–Trinajstić information content (AvgIpc) is 2.28. The second-order valence-electron chi connectivity index (χ2n) is 3.66. The zero-order valence-electron chi connectivity index (χ0n) is 9.28. The Bertz CT molecular complexity index is 251. The zero-order chi connectivity index (χ0) is 10.9. The normalized spacial score (nSPS) is 12.7. The van der Waals surface area contributed by atoms with Gasteiger partial charge in [-0.25, -0.2) is 0 Å². The maximum atomic E-state index is 5.95. The maximum absolute atomic E-state index is 5.95. The molecule has 2 nitrogen and oxygen atoms in total. The van der Waals surface area contributed by atoms with Crippen LogP contribution in [0.4, 0.5) is 0 Å². The van der Waals surface area contributed by atoms with Crippen LogP contribution in [0.25, 0.3) is 0 Å². The molecule has 0 heterocycles. The van der Waals surface area contributed by atoms with Crippen molar-refractivity contribution in [2.45, 2.75) is 19.0 Å². The number of hydrogen-bond acceptors (Lipinski definition) is 3. The van der Waals surface area contributed by atoms with E-state index in [0.717, 1.165) is 25.3 Å². The molecule has 0 aliphatic carbocycles. The second-order valence-corrected chi connectivity index (χ2v) is 4.64. The molecule has 0 aromatic heterocycles. The number of nitrogens with two attached hydrogens (primary N) is 1. The summed E-state index contributed by atoms with van der Waals surface area (Å²) in [5, 5.41) is 3.38. The van der Waals surface area contributed by atoms with E-state index in [0.29, 0.717) is 0 Å². The van der Waals surface area contributed by atoms with E-state index >= 15 is 0 Å². The summed E-state index contributed by atoms with van der Waals surface area (Å²) in [6.45, 7) is 1.81. The van der Waals surface area contributed by atoms with E-state index in [1.807, 2.05) is 17.8 Å². The van der Waals surface area contributed by atoms with Crippen LogP contribution in [0.5, 0.6) is 0 Å². The van der Waals surface area contributed by atoms with Gasteiger partial charge in [0.05, 0.1) is 0 Å². The van der Waals surface area contributed by atoms with Crippen LogP contribution in [0.15, 0.2) is 30.3 Å². The first-order valence-electron chi connectivity index (χ1n) is 5.32. The topological polar surface area (TPSA) is 38.0 Å². The fraction of sp³-hybridized carbons (Fsp3) is 0.500. The molecule has 1 aromatic carbocycles. The molecule has 0 fully saturated rings. The van der Waals surface area contributed by atoms with Gasteiger partial charge < -0.3 is 11.1 Å². The van der Waals surface area contributed by atoms with Gasteiger partial charge in [0.25, 0.3) is 0 Å². The van der Waals surface area contributed by atoms with Crippen molar-refractivity contribution < 1.29 is 0 Å². The largest absolute Gasteiger partial charge is 0.327 e. The highest BCUT2D eigenvalue weighted by molar-refractivity contribution is 7.98. The molecule has 0 bridgehead atoms. The lowest BCUT2D eigenvalue weighted by Gasteiger charge is -2.11. The Labute approximate surface area is 96.6 Å². The van der Waals surface area contributed by atoms with Crippen molar-refractivity contribution in [3.05, 3.63) is 35.9 Å². The summed E-state index contributed by atoms with van der Waals surface area (Å²) in [7, 11) is 0. The van der Waals surface area contributed by atoms with Crippen LogP contribution in [0.1, 0.15) is 12.0 Å². The van der Waals surface area contributed by atoms with Gasteiger partial charge in [-0.15, -0.1) is 0 Å². The summed E-state index contributed by atoms with van der Waals surface area (Å²) < 4.78 is 0. The Morgan fingerprint density at radius 1 is 1.33 bits per heavy atom. The summed E-state index contributed by atoms with van der Waals surface area (Å²) in [6.07, 6.45) is 3.20. The second kappa shape index (κ2) is 7.74. The molecule has 0 saturated carbocycles. The molecule has 0 amide bonds. The van der Waals surface area contributed by atoms with Crippen LogP contribution >= 0.6 is 11.8 Å². The third-order valence-electron chi connectivity index (χ3n) is 2.27. The van der Waals surface area contributed by atoms with Crippen LogP contribution in [0.2, 0.25) is 0 Å². The lowest BCUT2D eigenvalue weighted by atomic mass is 10.2. The summed E-state index contributed by atoms with van der Waals surface area (Å²) in [4.78, 5) is 0. The third kappa shape index (κ3) is 5.82. The first-order chi connectivity index (χ1) is 7.33. The van der Waals surface area contributed by atoms with Gasteiger partial charge in [0, 0.05) is 19.1 Å².